The van der Waals surface area contributed by atoms with Crippen LogP contribution in [0.2, 0.25) is 0 Å². The molecule has 0 saturated carbocycles. The first-order chi connectivity index (χ1) is 12.8. The number of anilines is 1. The molecule has 4 rings (SSSR count). The first-order valence-electron chi connectivity index (χ1n) is 9.76. The number of para-hydroxylation sites is 1. The summed E-state index contributed by atoms with van der Waals surface area (Å²) in [6, 6.07) is 10.6. The number of hydrogen-bond acceptors (Lipinski definition) is 5. The van der Waals surface area contributed by atoms with E-state index in [1.165, 1.54) is 17.5 Å². The molecule has 2 aromatic rings. The Morgan fingerprint density at radius 1 is 1.15 bits per heavy atom. The number of ether oxygens (including phenoxy) is 3. The predicted molar refractivity (Wildman–Crippen MR) is 103 cm³/mol. The molecule has 5 heteroatoms. The molecule has 0 aliphatic carbocycles. The van der Waals surface area contributed by atoms with Crippen LogP contribution in [0.15, 0.2) is 30.3 Å². The second kappa shape index (κ2) is 8.33. The van der Waals surface area contributed by atoms with Crippen LogP contribution in [-0.4, -0.2) is 50.3 Å². The highest BCUT2D eigenvalue weighted by Crippen LogP contribution is 2.30. The quantitative estimate of drug-likeness (QED) is 0.739. The standard InChI is InChI=1S/C21H28N2O3/c1-16-14-20(18-6-2-3-7-19(18)22-16)23-10-9-17(15-23)24-12-13-26-21-8-4-5-11-25-21/h2-3,6-7,14,17,21H,4-5,8-13,15H2,1H3/t17-,21?/m0/s1. The van der Waals surface area contributed by atoms with E-state index < -0.39 is 0 Å². The summed E-state index contributed by atoms with van der Waals surface area (Å²) < 4.78 is 17.4. The van der Waals surface area contributed by atoms with E-state index in [1.54, 1.807) is 0 Å². The Morgan fingerprint density at radius 3 is 2.92 bits per heavy atom. The smallest absolute Gasteiger partial charge is 0.157 e. The number of aromatic nitrogens is 1. The zero-order chi connectivity index (χ0) is 17.8. The monoisotopic (exact) mass is 356 g/mol. The molecule has 2 atom stereocenters. The largest absolute Gasteiger partial charge is 0.374 e. The lowest BCUT2D eigenvalue weighted by molar-refractivity contribution is -0.170. The molecule has 1 aromatic heterocycles. The van der Waals surface area contributed by atoms with E-state index in [9.17, 15) is 0 Å². The van der Waals surface area contributed by atoms with E-state index in [0.29, 0.717) is 13.2 Å². The topological polar surface area (TPSA) is 43.8 Å². The van der Waals surface area contributed by atoms with Crippen molar-refractivity contribution in [2.24, 2.45) is 0 Å². The minimum atomic E-state index is -0.0291. The highest BCUT2D eigenvalue weighted by molar-refractivity contribution is 5.92. The molecule has 0 spiro atoms. The van der Waals surface area contributed by atoms with E-state index in [-0.39, 0.29) is 12.4 Å². The summed E-state index contributed by atoms with van der Waals surface area (Å²) in [5.74, 6) is 0. The lowest BCUT2D eigenvalue weighted by Crippen LogP contribution is -2.26. The summed E-state index contributed by atoms with van der Waals surface area (Å²) in [4.78, 5) is 7.07. The summed E-state index contributed by atoms with van der Waals surface area (Å²) >= 11 is 0. The van der Waals surface area contributed by atoms with Gasteiger partial charge >= 0.3 is 0 Å². The summed E-state index contributed by atoms with van der Waals surface area (Å²) in [5, 5.41) is 1.22. The van der Waals surface area contributed by atoms with Gasteiger partial charge in [0.15, 0.2) is 6.29 Å². The average molecular weight is 356 g/mol. The molecular weight excluding hydrogens is 328 g/mol. The van der Waals surface area contributed by atoms with Gasteiger partial charge in [-0.2, -0.15) is 0 Å². The van der Waals surface area contributed by atoms with Crippen LogP contribution in [0.25, 0.3) is 10.9 Å². The predicted octanol–water partition coefficient (Wildman–Crippen LogP) is 3.68. The highest BCUT2D eigenvalue weighted by Gasteiger charge is 2.25. The van der Waals surface area contributed by atoms with Crippen LogP contribution in [-0.2, 0) is 14.2 Å². The van der Waals surface area contributed by atoms with Crippen molar-refractivity contribution >= 4 is 16.6 Å². The van der Waals surface area contributed by atoms with E-state index in [0.717, 1.165) is 50.2 Å². The number of nitrogens with zero attached hydrogens (tertiary/aromatic N) is 2. The summed E-state index contributed by atoms with van der Waals surface area (Å²) in [7, 11) is 0. The summed E-state index contributed by atoms with van der Waals surface area (Å²) in [6.07, 6.45) is 4.64. The van der Waals surface area contributed by atoms with Gasteiger partial charge in [0.25, 0.3) is 0 Å². The van der Waals surface area contributed by atoms with Gasteiger partial charge in [0.1, 0.15) is 0 Å². The molecule has 2 fully saturated rings. The Balaban J connectivity index is 1.30. The maximum atomic E-state index is 6.05. The maximum Gasteiger partial charge on any atom is 0.157 e. The van der Waals surface area contributed by atoms with Gasteiger partial charge in [-0.25, -0.2) is 0 Å². The Bertz CT molecular complexity index is 730. The van der Waals surface area contributed by atoms with Crippen LogP contribution in [0.5, 0.6) is 0 Å². The van der Waals surface area contributed by atoms with Crippen molar-refractivity contribution in [1.82, 2.24) is 4.98 Å². The van der Waals surface area contributed by atoms with Gasteiger partial charge in [-0.1, -0.05) is 18.2 Å². The minimum Gasteiger partial charge on any atom is -0.374 e. The zero-order valence-corrected chi connectivity index (χ0v) is 15.5. The van der Waals surface area contributed by atoms with Gasteiger partial charge < -0.3 is 19.1 Å². The van der Waals surface area contributed by atoms with Crippen molar-refractivity contribution in [1.29, 1.82) is 0 Å². The van der Waals surface area contributed by atoms with Crippen molar-refractivity contribution in [3.05, 3.63) is 36.0 Å². The van der Waals surface area contributed by atoms with Crippen molar-refractivity contribution in [2.45, 2.75) is 45.0 Å². The van der Waals surface area contributed by atoms with E-state index in [2.05, 4.69) is 41.1 Å². The number of hydrogen-bond donors (Lipinski definition) is 0. The van der Waals surface area contributed by atoms with Crippen molar-refractivity contribution < 1.29 is 14.2 Å². The number of pyridine rings is 1. The molecule has 0 N–H and O–H groups in total. The third kappa shape index (κ3) is 4.17. The van der Waals surface area contributed by atoms with Gasteiger partial charge in [-0.3, -0.25) is 4.98 Å². The van der Waals surface area contributed by atoms with Crippen LogP contribution in [0.3, 0.4) is 0 Å². The Hall–Kier alpha value is -1.69. The Morgan fingerprint density at radius 2 is 2.04 bits per heavy atom. The third-order valence-electron chi connectivity index (χ3n) is 5.19. The zero-order valence-electron chi connectivity index (χ0n) is 15.5. The number of benzene rings is 1. The van der Waals surface area contributed by atoms with Crippen LogP contribution >= 0.6 is 0 Å². The molecule has 26 heavy (non-hydrogen) atoms. The lowest BCUT2D eigenvalue weighted by atomic mass is 10.1. The van der Waals surface area contributed by atoms with Crippen molar-refractivity contribution in [3.8, 4) is 0 Å². The third-order valence-corrected chi connectivity index (χ3v) is 5.19. The fraction of sp³-hybridized carbons (Fsp3) is 0.571. The summed E-state index contributed by atoms with van der Waals surface area (Å²) in [6.45, 7) is 6.07. The van der Waals surface area contributed by atoms with Gasteiger partial charge in [-0.05, 0) is 44.7 Å². The molecule has 2 aliphatic rings. The number of rotatable bonds is 6. The maximum absolute atomic E-state index is 6.05. The Labute approximate surface area is 155 Å². The molecule has 2 aliphatic heterocycles. The SMILES string of the molecule is Cc1cc(N2CC[C@H](OCCOC3CCCCO3)C2)c2ccccc2n1. The molecule has 140 valence electrons. The van der Waals surface area contributed by atoms with Crippen LogP contribution < -0.4 is 4.90 Å². The molecular formula is C21H28N2O3. The van der Waals surface area contributed by atoms with Gasteiger partial charge in [-0.15, -0.1) is 0 Å². The molecule has 2 saturated heterocycles. The molecule has 0 bridgehead atoms. The molecule has 0 amide bonds. The van der Waals surface area contributed by atoms with Gasteiger partial charge in [0.05, 0.1) is 24.8 Å². The summed E-state index contributed by atoms with van der Waals surface area (Å²) in [5.41, 5.74) is 3.39. The normalized spacial score (nSPS) is 23.7. The second-order valence-electron chi connectivity index (χ2n) is 7.19. The van der Waals surface area contributed by atoms with Crippen molar-refractivity contribution in [3.63, 3.8) is 0 Å². The fourth-order valence-corrected chi connectivity index (χ4v) is 3.87. The number of fused-ring (bicyclic) bond motifs is 1. The average Bonchev–Trinajstić information content (AvgIpc) is 3.14. The van der Waals surface area contributed by atoms with E-state index in [4.69, 9.17) is 14.2 Å². The molecule has 1 unspecified atom stereocenters. The highest BCUT2D eigenvalue weighted by atomic mass is 16.7. The molecule has 1 aromatic carbocycles. The van der Waals surface area contributed by atoms with Crippen LogP contribution in [0, 0.1) is 6.92 Å². The van der Waals surface area contributed by atoms with E-state index >= 15 is 0 Å². The lowest BCUT2D eigenvalue weighted by Gasteiger charge is -2.23. The van der Waals surface area contributed by atoms with Crippen LogP contribution in [0.1, 0.15) is 31.4 Å². The van der Waals surface area contributed by atoms with Gasteiger partial charge in [0.2, 0.25) is 0 Å². The second-order valence-corrected chi connectivity index (χ2v) is 7.19. The first-order valence-corrected chi connectivity index (χ1v) is 9.76. The molecule has 0 radical (unpaired) electrons. The van der Waals surface area contributed by atoms with E-state index in [1.807, 2.05) is 6.07 Å². The minimum absolute atomic E-state index is 0.0291. The van der Waals surface area contributed by atoms with Crippen LogP contribution in [0.4, 0.5) is 5.69 Å². The molecule has 5 nitrogen and oxygen atoms in total. The first kappa shape index (κ1) is 17.7. The van der Waals surface area contributed by atoms with Gasteiger partial charge in [0, 0.05) is 36.5 Å². The fourth-order valence-electron chi connectivity index (χ4n) is 3.87. The molecule has 3 heterocycles. The number of aryl methyl sites for hydroxylation is 1. The Kier molecular flexibility index (Phi) is 5.68. The van der Waals surface area contributed by atoms with Crippen molar-refractivity contribution in [2.75, 3.05) is 37.8 Å².